The predicted octanol–water partition coefficient (Wildman–Crippen LogP) is 3.08. The van der Waals surface area contributed by atoms with Gasteiger partial charge in [0.25, 0.3) is 0 Å². The summed E-state index contributed by atoms with van der Waals surface area (Å²) < 4.78 is 0. The Morgan fingerprint density at radius 2 is 1.90 bits per heavy atom. The third-order valence-corrected chi connectivity index (χ3v) is 4.68. The van der Waals surface area contributed by atoms with Gasteiger partial charge in [-0.1, -0.05) is 13.8 Å². The molecule has 2 N–H and O–H groups in total. The first-order valence-corrected chi connectivity index (χ1v) is 8.24. The second-order valence-electron chi connectivity index (χ2n) is 6.34. The molecule has 1 atom stereocenters. The van der Waals surface area contributed by atoms with Crippen molar-refractivity contribution >= 4 is 29.9 Å². The first kappa shape index (κ1) is 21.0. The van der Waals surface area contributed by atoms with E-state index in [1.807, 2.05) is 7.05 Å². The maximum absolute atomic E-state index is 4.34. The molecule has 0 spiro atoms. The quantitative estimate of drug-likeness (QED) is 0.402. The zero-order valence-electron chi connectivity index (χ0n) is 14.5. The minimum Gasteiger partial charge on any atom is -0.355 e. The average molecular weight is 410 g/mol. The Hall–Kier alpha value is -0.0400. The molecule has 1 rings (SSSR count). The van der Waals surface area contributed by atoms with E-state index >= 15 is 0 Å². The summed E-state index contributed by atoms with van der Waals surface area (Å²) in [6.45, 7) is 8.87. The number of hydrogen-bond acceptors (Lipinski definition) is 2. The van der Waals surface area contributed by atoms with Crippen LogP contribution in [-0.2, 0) is 0 Å². The first-order valence-electron chi connectivity index (χ1n) is 8.24. The number of aliphatic imine (C=N–C) groups is 1. The summed E-state index contributed by atoms with van der Waals surface area (Å²) in [6.07, 6.45) is 6.42. The number of halogens is 1. The van der Waals surface area contributed by atoms with E-state index in [-0.39, 0.29) is 24.0 Å². The monoisotopic (exact) mass is 410 g/mol. The van der Waals surface area contributed by atoms with Crippen LogP contribution < -0.4 is 10.6 Å². The number of guanidine groups is 1. The van der Waals surface area contributed by atoms with Crippen LogP contribution in [0.4, 0.5) is 0 Å². The van der Waals surface area contributed by atoms with Crippen molar-refractivity contribution in [2.75, 3.05) is 27.2 Å². The molecule has 0 saturated heterocycles. The van der Waals surface area contributed by atoms with Gasteiger partial charge in [-0.3, -0.25) is 4.99 Å². The fourth-order valence-electron chi connectivity index (χ4n) is 2.68. The minimum absolute atomic E-state index is 0. The molecule has 1 unspecified atom stereocenters. The summed E-state index contributed by atoms with van der Waals surface area (Å²) in [4.78, 5) is 6.73. The molecule has 0 aromatic rings. The van der Waals surface area contributed by atoms with Crippen LogP contribution in [0.2, 0.25) is 0 Å². The molecule has 1 fully saturated rings. The van der Waals surface area contributed by atoms with Gasteiger partial charge in [0, 0.05) is 32.2 Å². The lowest BCUT2D eigenvalue weighted by Crippen LogP contribution is -2.47. The van der Waals surface area contributed by atoms with Crippen molar-refractivity contribution in [1.82, 2.24) is 15.5 Å². The zero-order chi connectivity index (χ0) is 15.0. The van der Waals surface area contributed by atoms with Crippen LogP contribution in [0.3, 0.4) is 0 Å². The molecule has 126 valence electrons. The number of likely N-dealkylation sites (N-methyl/N-ethyl adjacent to an activating group) is 1. The Kier molecular flexibility index (Phi) is 11.5. The Balaban J connectivity index is 0.00000400. The van der Waals surface area contributed by atoms with Crippen molar-refractivity contribution < 1.29 is 0 Å². The number of nitrogens with one attached hydrogen (secondary N) is 2. The fraction of sp³-hybridized carbons (Fsp3) is 0.938. The van der Waals surface area contributed by atoms with Crippen molar-refractivity contribution in [2.45, 2.75) is 65.0 Å². The van der Waals surface area contributed by atoms with Crippen LogP contribution in [0.5, 0.6) is 0 Å². The van der Waals surface area contributed by atoms with Gasteiger partial charge in [-0.25, -0.2) is 0 Å². The molecule has 1 aliphatic rings. The van der Waals surface area contributed by atoms with Crippen LogP contribution >= 0.6 is 24.0 Å². The highest BCUT2D eigenvalue weighted by Crippen LogP contribution is 2.23. The Labute approximate surface area is 148 Å². The van der Waals surface area contributed by atoms with Crippen LogP contribution in [0.1, 0.15) is 52.9 Å². The molecule has 4 nitrogen and oxygen atoms in total. The lowest BCUT2D eigenvalue weighted by Gasteiger charge is -2.29. The topological polar surface area (TPSA) is 39.7 Å². The SMILES string of the molecule is CCC(C)N(C)CCNC(=NC)NC1CCC(C)CC1.I. The van der Waals surface area contributed by atoms with Gasteiger partial charge in [-0.15, -0.1) is 24.0 Å². The maximum atomic E-state index is 4.34. The summed E-state index contributed by atoms with van der Waals surface area (Å²) in [7, 11) is 4.05. The fourth-order valence-corrected chi connectivity index (χ4v) is 2.68. The first-order chi connectivity index (χ1) is 9.56. The van der Waals surface area contributed by atoms with Gasteiger partial charge in [0.2, 0.25) is 0 Å². The van der Waals surface area contributed by atoms with E-state index in [0.717, 1.165) is 25.0 Å². The highest BCUT2D eigenvalue weighted by atomic mass is 127. The van der Waals surface area contributed by atoms with Crippen molar-refractivity contribution in [3.63, 3.8) is 0 Å². The van der Waals surface area contributed by atoms with E-state index in [1.165, 1.54) is 32.1 Å². The molecule has 0 heterocycles. The molecule has 0 aromatic carbocycles. The van der Waals surface area contributed by atoms with Gasteiger partial charge in [0.15, 0.2) is 5.96 Å². The number of hydrogen-bond donors (Lipinski definition) is 2. The highest BCUT2D eigenvalue weighted by molar-refractivity contribution is 14.0. The minimum atomic E-state index is 0. The Bertz CT molecular complexity index is 288. The second-order valence-corrected chi connectivity index (χ2v) is 6.34. The summed E-state index contributed by atoms with van der Waals surface area (Å²) in [6, 6.07) is 1.25. The molecular weight excluding hydrogens is 375 g/mol. The van der Waals surface area contributed by atoms with E-state index in [0.29, 0.717) is 12.1 Å². The van der Waals surface area contributed by atoms with Crippen LogP contribution in [0, 0.1) is 5.92 Å². The summed E-state index contributed by atoms with van der Waals surface area (Å²) >= 11 is 0. The van der Waals surface area contributed by atoms with Crippen molar-refractivity contribution in [3.8, 4) is 0 Å². The molecule has 0 radical (unpaired) electrons. The average Bonchev–Trinajstić information content (AvgIpc) is 2.47. The molecule has 5 heteroatoms. The van der Waals surface area contributed by atoms with Gasteiger partial charge >= 0.3 is 0 Å². The van der Waals surface area contributed by atoms with Gasteiger partial charge in [-0.2, -0.15) is 0 Å². The number of nitrogens with zero attached hydrogens (tertiary/aromatic N) is 2. The lowest BCUT2D eigenvalue weighted by atomic mass is 9.87. The highest BCUT2D eigenvalue weighted by Gasteiger charge is 2.18. The van der Waals surface area contributed by atoms with Gasteiger partial charge in [-0.05, 0) is 52.0 Å². The van der Waals surface area contributed by atoms with Crippen LogP contribution in [-0.4, -0.2) is 50.1 Å². The molecule has 0 bridgehead atoms. The number of rotatable bonds is 6. The van der Waals surface area contributed by atoms with E-state index in [9.17, 15) is 0 Å². The standard InChI is InChI=1S/C16H34N4.HI/c1-6-14(3)20(5)12-11-18-16(17-4)19-15-9-7-13(2)8-10-15;/h13-15H,6-12H2,1-5H3,(H2,17,18,19);1H. The molecule has 0 aliphatic heterocycles. The van der Waals surface area contributed by atoms with Gasteiger partial charge in [0.05, 0.1) is 0 Å². The maximum Gasteiger partial charge on any atom is 0.191 e. The van der Waals surface area contributed by atoms with Gasteiger partial charge < -0.3 is 15.5 Å². The molecule has 0 amide bonds. The normalized spacial score (nSPS) is 24.4. The molecule has 21 heavy (non-hydrogen) atoms. The summed E-state index contributed by atoms with van der Waals surface area (Å²) in [5, 5.41) is 7.00. The van der Waals surface area contributed by atoms with Crippen LogP contribution in [0.15, 0.2) is 4.99 Å². The Morgan fingerprint density at radius 3 is 2.43 bits per heavy atom. The second kappa shape index (κ2) is 11.5. The van der Waals surface area contributed by atoms with E-state index in [4.69, 9.17) is 0 Å². The third-order valence-electron chi connectivity index (χ3n) is 4.68. The van der Waals surface area contributed by atoms with Crippen molar-refractivity contribution in [2.24, 2.45) is 10.9 Å². The molecule has 0 aromatic heterocycles. The van der Waals surface area contributed by atoms with Crippen LogP contribution in [0.25, 0.3) is 0 Å². The predicted molar refractivity (Wildman–Crippen MR) is 104 cm³/mol. The molecular formula is C16H35IN4. The zero-order valence-corrected chi connectivity index (χ0v) is 16.8. The van der Waals surface area contributed by atoms with Crippen molar-refractivity contribution in [1.29, 1.82) is 0 Å². The van der Waals surface area contributed by atoms with Gasteiger partial charge in [0.1, 0.15) is 0 Å². The Morgan fingerprint density at radius 1 is 1.29 bits per heavy atom. The van der Waals surface area contributed by atoms with E-state index in [2.05, 4.69) is 48.3 Å². The largest absolute Gasteiger partial charge is 0.355 e. The molecule has 1 aliphatic carbocycles. The van der Waals surface area contributed by atoms with E-state index in [1.54, 1.807) is 0 Å². The van der Waals surface area contributed by atoms with E-state index < -0.39 is 0 Å². The van der Waals surface area contributed by atoms with Crippen molar-refractivity contribution in [3.05, 3.63) is 0 Å². The molecule has 1 saturated carbocycles. The third kappa shape index (κ3) is 8.24. The summed E-state index contributed by atoms with van der Waals surface area (Å²) in [5.74, 6) is 1.86. The summed E-state index contributed by atoms with van der Waals surface area (Å²) in [5.41, 5.74) is 0. The lowest BCUT2D eigenvalue weighted by molar-refractivity contribution is 0.255. The smallest absolute Gasteiger partial charge is 0.191 e.